The van der Waals surface area contributed by atoms with Crippen LogP contribution in [0.2, 0.25) is 0 Å². The molecule has 0 aliphatic carbocycles. The van der Waals surface area contributed by atoms with Gasteiger partial charge in [-0.2, -0.15) is 0 Å². The van der Waals surface area contributed by atoms with Crippen molar-refractivity contribution >= 4 is 6.29 Å². The van der Waals surface area contributed by atoms with E-state index in [2.05, 4.69) is 0 Å². The van der Waals surface area contributed by atoms with Gasteiger partial charge < -0.3 is 25.2 Å². The first-order chi connectivity index (χ1) is 6.08. The molecule has 0 saturated carbocycles. The molecule has 0 amide bonds. The Labute approximate surface area is 71.0 Å². The van der Waals surface area contributed by atoms with Crippen molar-refractivity contribution in [2.24, 2.45) is 0 Å². The van der Waals surface area contributed by atoms with Crippen molar-refractivity contribution in [1.82, 2.24) is 0 Å². The highest BCUT2D eigenvalue weighted by Gasteiger charge is 2.22. The molecule has 0 rings (SSSR count). The van der Waals surface area contributed by atoms with Crippen LogP contribution in [0.4, 0.5) is 0 Å². The maximum Gasteiger partial charge on any atom is 0.152 e. The third-order valence-electron chi connectivity index (χ3n) is 1.36. The van der Waals surface area contributed by atoms with Gasteiger partial charge in [-0.15, -0.1) is 0 Å². The molecule has 5 nitrogen and oxygen atoms in total. The zero-order valence-corrected chi connectivity index (χ0v) is 6.29. The summed E-state index contributed by atoms with van der Waals surface area (Å²) in [5, 5.41) is 35.4. The molecule has 0 heterocycles. The monoisotopic (exact) mass is 177 g/mol. The van der Waals surface area contributed by atoms with Crippen LogP contribution in [-0.4, -0.2) is 51.6 Å². The van der Waals surface area contributed by atoms with Crippen molar-refractivity contribution in [2.45, 2.75) is 18.3 Å². The molecule has 0 bridgehead atoms. The van der Waals surface area contributed by atoms with Gasteiger partial charge in [-0.25, -0.2) is 0 Å². The minimum atomic E-state index is -1.63. The highest BCUT2D eigenvalue weighted by molar-refractivity contribution is 5.61. The predicted octanol–water partition coefficient (Wildman–Crippen LogP) is -2.18. The SMILES string of the molecule is [2H]C=C([C@@H](O)C=O)[C@H](O)[C@H](O)CO. The van der Waals surface area contributed by atoms with E-state index in [0.717, 1.165) is 0 Å². The maximum absolute atomic E-state index is 10.1. The van der Waals surface area contributed by atoms with Crippen LogP contribution in [0.25, 0.3) is 0 Å². The summed E-state index contributed by atoms with van der Waals surface area (Å²) in [5.74, 6) is 0. The molecule has 0 aromatic heterocycles. The molecule has 0 aliphatic rings. The highest BCUT2D eigenvalue weighted by Crippen LogP contribution is 2.07. The Morgan fingerprint density at radius 3 is 2.50 bits per heavy atom. The Morgan fingerprint density at radius 2 is 2.17 bits per heavy atom. The Hall–Kier alpha value is -0.750. The fraction of sp³-hybridized carbons (Fsp3) is 0.571. The Morgan fingerprint density at radius 1 is 1.58 bits per heavy atom. The van der Waals surface area contributed by atoms with E-state index in [1.54, 1.807) is 0 Å². The zero-order chi connectivity index (χ0) is 10.4. The van der Waals surface area contributed by atoms with Gasteiger partial charge in [0.25, 0.3) is 0 Å². The topological polar surface area (TPSA) is 98.0 Å². The Balaban J connectivity index is 4.50. The summed E-state index contributed by atoms with van der Waals surface area (Å²) in [4.78, 5) is 10.1. The number of carbonyl (C=O) groups excluding carboxylic acids is 1. The van der Waals surface area contributed by atoms with Crippen LogP contribution < -0.4 is 0 Å². The van der Waals surface area contributed by atoms with E-state index in [1.165, 1.54) is 0 Å². The first-order valence-corrected chi connectivity index (χ1v) is 3.27. The van der Waals surface area contributed by atoms with Gasteiger partial charge in [0.15, 0.2) is 6.29 Å². The molecule has 5 heteroatoms. The van der Waals surface area contributed by atoms with E-state index in [-0.39, 0.29) is 11.9 Å². The van der Waals surface area contributed by atoms with Crippen molar-refractivity contribution < 1.29 is 26.6 Å². The minimum Gasteiger partial charge on any atom is -0.394 e. The third kappa shape index (κ3) is 2.71. The summed E-state index contributed by atoms with van der Waals surface area (Å²) >= 11 is 0. The van der Waals surface area contributed by atoms with Gasteiger partial charge >= 0.3 is 0 Å². The third-order valence-corrected chi connectivity index (χ3v) is 1.36. The summed E-state index contributed by atoms with van der Waals surface area (Å²) in [6.45, 7) is -0.146. The molecule has 0 aliphatic heterocycles. The Bertz CT molecular complexity index is 193. The number of aldehydes is 1. The van der Waals surface area contributed by atoms with Gasteiger partial charge in [-0.1, -0.05) is 6.55 Å². The smallest absolute Gasteiger partial charge is 0.152 e. The summed E-state index contributed by atoms with van der Waals surface area (Å²) in [7, 11) is 0. The summed E-state index contributed by atoms with van der Waals surface area (Å²) in [5.41, 5.74) is -0.350. The number of hydrogen-bond acceptors (Lipinski definition) is 5. The van der Waals surface area contributed by atoms with Crippen molar-refractivity contribution in [1.29, 1.82) is 0 Å². The lowest BCUT2D eigenvalue weighted by Crippen LogP contribution is -2.35. The van der Waals surface area contributed by atoms with Crippen LogP contribution >= 0.6 is 0 Å². The lowest BCUT2D eigenvalue weighted by atomic mass is 10.0. The molecule has 0 radical (unpaired) electrons. The standard InChI is InChI=1S/C7H12O5/c1-4(5(10)2-8)7(12)6(11)3-9/h2,5-7,9-12H,1,3H2/t5-,6+,7-/m0/s1/i1D. The number of aliphatic hydroxyl groups excluding tert-OH is 4. The summed E-state index contributed by atoms with van der Waals surface area (Å²) in [6, 6.07) is 0. The molecular formula is C7H12O5. The fourth-order valence-electron chi connectivity index (χ4n) is 0.576. The highest BCUT2D eigenvalue weighted by atomic mass is 16.4. The normalized spacial score (nSPS) is 21.0. The van der Waals surface area contributed by atoms with Gasteiger partial charge in [-0.05, 0) is 5.57 Å². The Kier molecular flexibility index (Phi) is 3.89. The van der Waals surface area contributed by atoms with E-state index >= 15 is 0 Å². The average molecular weight is 177 g/mol. The molecule has 0 saturated heterocycles. The molecule has 0 spiro atoms. The zero-order valence-electron chi connectivity index (χ0n) is 7.29. The van der Waals surface area contributed by atoms with Crippen LogP contribution in [0.3, 0.4) is 0 Å². The molecule has 3 atom stereocenters. The van der Waals surface area contributed by atoms with Crippen LogP contribution in [0.1, 0.15) is 1.37 Å². The van der Waals surface area contributed by atoms with Gasteiger partial charge in [0.05, 0.1) is 7.98 Å². The van der Waals surface area contributed by atoms with E-state index in [1.807, 2.05) is 0 Å². The number of aliphatic hydroxyl groups is 4. The summed E-state index contributed by atoms with van der Waals surface area (Å²) < 4.78 is 6.76. The molecule has 0 aromatic carbocycles. The van der Waals surface area contributed by atoms with Crippen molar-refractivity contribution in [3.05, 3.63) is 12.1 Å². The van der Waals surface area contributed by atoms with Crippen LogP contribution in [-0.2, 0) is 4.79 Å². The maximum atomic E-state index is 10.1. The second-order valence-corrected chi connectivity index (χ2v) is 2.28. The number of carbonyl (C=O) groups is 1. The minimum absolute atomic E-state index is 0.119. The number of rotatable bonds is 5. The summed E-state index contributed by atoms with van der Waals surface area (Å²) in [6.07, 6.45) is -4.63. The van der Waals surface area contributed by atoms with E-state index in [9.17, 15) is 4.79 Å². The van der Waals surface area contributed by atoms with E-state index in [0.29, 0.717) is 6.55 Å². The molecule has 4 N–H and O–H groups in total. The number of hydrogen-bond donors (Lipinski definition) is 4. The fourth-order valence-corrected chi connectivity index (χ4v) is 0.576. The van der Waals surface area contributed by atoms with Crippen molar-refractivity contribution in [2.75, 3.05) is 6.61 Å². The van der Waals surface area contributed by atoms with E-state index in [4.69, 9.17) is 21.8 Å². The molecule has 0 fully saturated rings. The van der Waals surface area contributed by atoms with Gasteiger partial charge in [-0.3, -0.25) is 0 Å². The molecular weight excluding hydrogens is 164 g/mol. The first-order valence-electron chi connectivity index (χ1n) is 3.84. The lowest BCUT2D eigenvalue weighted by Gasteiger charge is -2.18. The van der Waals surface area contributed by atoms with Gasteiger partial charge in [0.2, 0.25) is 0 Å². The second kappa shape index (κ2) is 5.00. The molecule has 0 unspecified atom stereocenters. The van der Waals surface area contributed by atoms with Crippen molar-refractivity contribution in [3.63, 3.8) is 0 Å². The lowest BCUT2D eigenvalue weighted by molar-refractivity contribution is -0.114. The van der Waals surface area contributed by atoms with Crippen molar-refractivity contribution in [3.8, 4) is 0 Å². The van der Waals surface area contributed by atoms with Crippen LogP contribution in [0.5, 0.6) is 0 Å². The second-order valence-electron chi connectivity index (χ2n) is 2.28. The molecule has 0 aromatic rings. The average Bonchev–Trinajstić information content (AvgIpc) is 2.17. The van der Waals surface area contributed by atoms with Crippen LogP contribution in [0, 0.1) is 0 Å². The van der Waals surface area contributed by atoms with Gasteiger partial charge in [0.1, 0.15) is 18.3 Å². The quantitative estimate of drug-likeness (QED) is 0.282. The predicted molar refractivity (Wildman–Crippen MR) is 40.3 cm³/mol. The molecule has 12 heavy (non-hydrogen) atoms. The molecule has 70 valence electrons. The van der Waals surface area contributed by atoms with Gasteiger partial charge in [0, 0.05) is 0 Å². The van der Waals surface area contributed by atoms with E-state index < -0.39 is 24.9 Å². The first kappa shape index (κ1) is 9.34. The van der Waals surface area contributed by atoms with Crippen LogP contribution in [0.15, 0.2) is 12.1 Å². The largest absolute Gasteiger partial charge is 0.394 e.